The molecule has 0 bridgehead atoms. The number of alkyl halides is 3. The summed E-state index contributed by atoms with van der Waals surface area (Å²) in [7, 11) is 0. The summed E-state index contributed by atoms with van der Waals surface area (Å²) in [5.41, 5.74) is 6.61. The van der Waals surface area contributed by atoms with Crippen molar-refractivity contribution in [2.45, 2.75) is 46.3 Å². The highest BCUT2D eigenvalue weighted by Gasteiger charge is 2.36. The number of halogens is 3. The number of aliphatic carboxylic acids is 1. The molecule has 0 aromatic heterocycles. The lowest BCUT2D eigenvalue weighted by Gasteiger charge is -2.22. The predicted molar refractivity (Wildman–Crippen MR) is 69.7 cm³/mol. The van der Waals surface area contributed by atoms with Gasteiger partial charge in [-0.25, -0.2) is 0 Å². The molecule has 0 aliphatic rings. The molecule has 3 N–H and O–H groups in total. The van der Waals surface area contributed by atoms with E-state index in [4.69, 9.17) is 10.8 Å². The Morgan fingerprint density at radius 2 is 1.50 bits per heavy atom. The van der Waals surface area contributed by atoms with E-state index in [0.29, 0.717) is 16.7 Å². The van der Waals surface area contributed by atoms with Gasteiger partial charge in [0.15, 0.2) is 0 Å². The molecule has 112 valence electrons. The average Bonchev–Trinajstić information content (AvgIpc) is 2.30. The lowest BCUT2D eigenvalue weighted by molar-refractivity contribution is -0.139. The summed E-state index contributed by atoms with van der Waals surface area (Å²) in [6, 6.07) is -1.12. The van der Waals surface area contributed by atoms with Crippen LogP contribution in [-0.2, 0) is 17.4 Å². The summed E-state index contributed by atoms with van der Waals surface area (Å²) in [6.07, 6.45) is -4.40. The molecule has 0 aliphatic heterocycles. The van der Waals surface area contributed by atoms with E-state index in [-0.39, 0.29) is 17.5 Å². The van der Waals surface area contributed by atoms with Crippen LogP contribution in [-0.4, -0.2) is 17.1 Å². The fourth-order valence-corrected chi connectivity index (χ4v) is 2.43. The highest BCUT2D eigenvalue weighted by atomic mass is 19.4. The molecule has 1 rings (SSSR count). The molecular formula is C14H18F3NO2. The van der Waals surface area contributed by atoms with Gasteiger partial charge in [-0.2, -0.15) is 13.2 Å². The van der Waals surface area contributed by atoms with Gasteiger partial charge in [0.1, 0.15) is 6.04 Å². The van der Waals surface area contributed by atoms with Crippen molar-refractivity contribution in [3.8, 4) is 0 Å². The summed E-state index contributed by atoms with van der Waals surface area (Å²) in [5, 5.41) is 8.84. The van der Waals surface area contributed by atoms with E-state index < -0.39 is 23.8 Å². The van der Waals surface area contributed by atoms with E-state index in [1.54, 1.807) is 13.8 Å². The van der Waals surface area contributed by atoms with Crippen LogP contribution in [0.3, 0.4) is 0 Å². The second kappa shape index (κ2) is 5.44. The first-order chi connectivity index (χ1) is 8.98. The molecule has 1 aromatic rings. The third kappa shape index (κ3) is 2.95. The van der Waals surface area contributed by atoms with Crippen molar-refractivity contribution in [3.05, 3.63) is 33.4 Å². The van der Waals surface area contributed by atoms with Gasteiger partial charge in [0.2, 0.25) is 0 Å². The SMILES string of the molecule is Cc1c(C)c(C(F)(F)F)c(C)c(C)c1CC(N)C(=O)O. The molecule has 0 aliphatic carbocycles. The van der Waals surface area contributed by atoms with E-state index in [1.807, 2.05) is 0 Å². The largest absolute Gasteiger partial charge is 0.480 e. The first kappa shape index (κ1) is 16.5. The minimum atomic E-state index is -4.42. The Balaban J connectivity index is 3.49. The van der Waals surface area contributed by atoms with Crippen molar-refractivity contribution in [2.75, 3.05) is 0 Å². The molecule has 3 nitrogen and oxygen atoms in total. The number of carboxylic acids is 1. The molecule has 6 heteroatoms. The van der Waals surface area contributed by atoms with Crippen LogP contribution in [0.1, 0.15) is 33.4 Å². The number of benzene rings is 1. The second-order valence-electron chi connectivity index (χ2n) is 5.00. The maximum absolute atomic E-state index is 13.1. The maximum Gasteiger partial charge on any atom is 0.416 e. The van der Waals surface area contributed by atoms with Crippen molar-refractivity contribution in [2.24, 2.45) is 5.73 Å². The van der Waals surface area contributed by atoms with E-state index in [1.165, 1.54) is 13.8 Å². The van der Waals surface area contributed by atoms with Crippen molar-refractivity contribution in [3.63, 3.8) is 0 Å². The Morgan fingerprint density at radius 3 is 1.80 bits per heavy atom. The highest BCUT2D eigenvalue weighted by Crippen LogP contribution is 2.38. The Kier molecular flexibility index (Phi) is 4.49. The first-order valence-corrected chi connectivity index (χ1v) is 6.13. The number of carboxylic acid groups (broad SMARTS) is 1. The molecule has 1 aromatic carbocycles. The summed E-state index contributed by atoms with van der Waals surface area (Å²) in [5.74, 6) is -1.17. The number of hydrogen-bond acceptors (Lipinski definition) is 2. The van der Waals surface area contributed by atoms with Gasteiger partial charge in [-0.1, -0.05) is 0 Å². The van der Waals surface area contributed by atoms with Gasteiger partial charge in [0, 0.05) is 0 Å². The van der Waals surface area contributed by atoms with E-state index in [9.17, 15) is 18.0 Å². The van der Waals surface area contributed by atoms with Gasteiger partial charge in [0.25, 0.3) is 0 Å². The highest BCUT2D eigenvalue weighted by molar-refractivity contribution is 5.74. The van der Waals surface area contributed by atoms with Gasteiger partial charge in [-0.05, 0) is 61.9 Å². The molecule has 0 heterocycles. The molecule has 0 saturated carbocycles. The molecule has 20 heavy (non-hydrogen) atoms. The predicted octanol–water partition coefficient (Wildman–Crippen LogP) is 2.89. The summed E-state index contributed by atoms with van der Waals surface area (Å²) in [4.78, 5) is 10.8. The molecular weight excluding hydrogens is 271 g/mol. The number of nitrogens with two attached hydrogens (primary N) is 1. The first-order valence-electron chi connectivity index (χ1n) is 6.13. The lowest BCUT2D eigenvalue weighted by Crippen LogP contribution is -2.33. The fraction of sp³-hybridized carbons (Fsp3) is 0.500. The Bertz CT molecular complexity index is 521. The summed E-state index contributed by atoms with van der Waals surface area (Å²) in [6.45, 7) is 5.95. The van der Waals surface area contributed by atoms with Crippen LogP contribution in [0.5, 0.6) is 0 Å². The molecule has 1 unspecified atom stereocenters. The van der Waals surface area contributed by atoms with E-state index in [2.05, 4.69) is 0 Å². The van der Waals surface area contributed by atoms with E-state index in [0.717, 1.165) is 0 Å². The minimum absolute atomic E-state index is 0.0207. The number of rotatable bonds is 3. The molecule has 0 spiro atoms. The van der Waals surface area contributed by atoms with E-state index >= 15 is 0 Å². The summed E-state index contributed by atoms with van der Waals surface area (Å²) < 4.78 is 39.2. The zero-order valence-electron chi connectivity index (χ0n) is 11.9. The van der Waals surface area contributed by atoms with Gasteiger partial charge in [-0.3, -0.25) is 4.79 Å². The molecule has 0 saturated heterocycles. The Morgan fingerprint density at radius 1 is 1.10 bits per heavy atom. The molecule has 0 fully saturated rings. The summed E-state index contributed by atoms with van der Waals surface area (Å²) >= 11 is 0. The topological polar surface area (TPSA) is 63.3 Å². The van der Waals surface area contributed by atoms with Crippen LogP contribution in [0.25, 0.3) is 0 Å². The molecule has 1 atom stereocenters. The monoisotopic (exact) mass is 289 g/mol. The van der Waals surface area contributed by atoms with Crippen molar-refractivity contribution in [1.82, 2.24) is 0 Å². The standard InChI is InChI=1S/C14H18F3NO2/c1-6-8(3)12(14(15,16)17)9(4)7(2)10(6)5-11(18)13(19)20/h11H,5,18H2,1-4H3,(H,19,20). The van der Waals surface area contributed by atoms with Crippen LogP contribution >= 0.6 is 0 Å². The lowest BCUT2D eigenvalue weighted by atomic mass is 9.86. The van der Waals surface area contributed by atoms with Crippen molar-refractivity contribution >= 4 is 5.97 Å². The van der Waals surface area contributed by atoms with Gasteiger partial charge in [-0.15, -0.1) is 0 Å². The van der Waals surface area contributed by atoms with Gasteiger partial charge >= 0.3 is 12.1 Å². The maximum atomic E-state index is 13.1. The Hall–Kier alpha value is -1.56. The number of hydrogen-bond donors (Lipinski definition) is 2. The van der Waals surface area contributed by atoms with Gasteiger partial charge < -0.3 is 10.8 Å². The smallest absolute Gasteiger partial charge is 0.416 e. The molecule has 0 amide bonds. The average molecular weight is 289 g/mol. The Labute approximate surface area is 115 Å². The normalized spacial score (nSPS) is 13.4. The zero-order chi connectivity index (χ0) is 15.8. The van der Waals surface area contributed by atoms with Crippen LogP contribution in [0.15, 0.2) is 0 Å². The van der Waals surface area contributed by atoms with Crippen LogP contribution < -0.4 is 5.73 Å². The molecule has 0 radical (unpaired) electrons. The van der Waals surface area contributed by atoms with Crippen LogP contribution in [0.4, 0.5) is 13.2 Å². The second-order valence-corrected chi connectivity index (χ2v) is 5.00. The van der Waals surface area contributed by atoms with Gasteiger partial charge in [0.05, 0.1) is 5.56 Å². The quantitative estimate of drug-likeness (QED) is 0.899. The van der Waals surface area contributed by atoms with Crippen molar-refractivity contribution in [1.29, 1.82) is 0 Å². The van der Waals surface area contributed by atoms with Crippen LogP contribution in [0.2, 0.25) is 0 Å². The third-order valence-electron chi connectivity index (χ3n) is 3.81. The third-order valence-corrected chi connectivity index (χ3v) is 3.81. The van der Waals surface area contributed by atoms with Crippen molar-refractivity contribution < 1.29 is 23.1 Å². The number of carbonyl (C=O) groups is 1. The zero-order valence-corrected chi connectivity index (χ0v) is 11.9. The minimum Gasteiger partial charge on any atom is -0.480 e. The fourth-order valence-electron chi connectivity index (χ4n) is 2.43. The van der Waals surface area contributed by atoms with Crippen LogP contribution in [0, 0.1) is 27.7 Å².